The molecule has 0 spiro atoms. The topological polar surface area (TPSA) is 134 Å². The van der Waals surface area contributed by atoms with Crippen LogP contribution in [0.2, 0.25) is 0 Å². The molecular weight excluding hydrogens is 500 g/mol. The molecule has 5 atom stereocenters. The number of carbonyl (C=O) groups excluding carboxylic acids is 5. The van der Waals surface area contributed by atoms with Crippen LogP contribution in [0.25, 0.3) is 0 Å². The molecule has 2 unspecified atom stereocenters. The van der Waals surface area contributed by atoms with Crippen molar-refractivity contribution in [2.45, 2.75) is 122 Å². The Morgan fingerprint density at radius 3 is 2.33 bits per heavy atom. The summed E-state index contributed by atoms with van der Waals surface area (Å²) in [4.78, 5) is 67.4. The van der Waals surface area contributed by atoms with Gasteiger partial charge < -0.3 is 25.6 Å². The van der Waals surface area contributed by atoms with Crippen molar-refractivity contribution in [2.75, 3.05) is 6.54 Å². The van der Waals surface area contributed by atoms with Gasteiger partial charge in [0.15, 0.2) is 0 Å². The number of alkyl carbamates (subject to hydrolysis) is 1. The highest BCUT2D eigenvalue weighted by atomic mass is 16.6. The van der Waals surface area contributed by atoms with Crippen molar-refractivity contribution in [1.29, 1.82) is 0 Å². The molecule has 1 aliphatic heterocycles. The maximum Gasteiger partial charge on any atom is 0.408 e. The van der Waals surface area contributed by atoms with Gasteiger partial charge in [0.2, 0.25) is 17.6 Å². The molecule has 4 amide bonds. The number of Topliss-reactive ketones (excluding diaryl/α,β-unsaturated/α-hetero) is 1. The van der Waals surface area contributed by atoms with E-state index in [1.807, 2.05) is 6.92 Å². The van der Waals surface area contributed by atoms with Gasteiger partial charge in [-0.25, -0.2) is 4.79 Å². The second kappa shape index (κ2) is 13.4. The Morgan fingerprint density at radius 2 is 1.72 bits per heavy atom. The molecule has 3 aliphatic rings. The lowest BCUT2D eigenvalue weighted by Gasteiger charge is -2.40. The quantitative estimate of drug-likeness (QED) is 0.269. The second-order valence-electron chi connectivity index (χ2n) is 12.2. The molecular formula is C29H46N4O6. The van der Waals surface area contributed by atoms with E-state index in [2.05, 4.69) is 22.5 Å². The molecule has 0 aromatic heterocycles. The molecule has 0 aromatic carbocycles. The van der Waals surface area contributed by atoms with Crippen LogP contribution in [-0.2, 0) is 23.9 Å². The Bertz CT molecular complexity index is 939. The molecule has 1 heterocycles. The molecule has 0 radical (unpaired) electrons. The van der Waals surface area contributed by atoms with Crippen molar-refractivity contribution in [3.8, 4) is 0 Å². The number of hydrogen-bond acceptors (Lipinski definition) is 6. The third-order valence-corrected chi connectivity index (χ3v) is 8.01. The lowest BCUT2D eigenvalue weighted by Crippen LogP contribution is -2.61. The largest absolute Gasteiger partial charge is 0.444 e. The lowest BCUT2D eigenvalue weighted by molar-refractivity contribution is -0.147. The minimum Gasteiger partial charge on any atom is -0.444 e. The summed E-state index contributed by atoms with van der Waals surface area (Å²) in [5.74, 6) is -2.22. The van der Waals surface area contributed by atoms with Crippen LogP contribution < -0.4 is 16.0 Å². The molecule has 0 aromatic rings. The Morgan fingerprint density at radius 1 is 1.03 bits per heavy atom. The SMILES string of the molecule is C=CCNC(=O)C(=O)[C@@H](CCC)NC(=O)[C@@H]1C2CCC(C2)N1C(=O)[C@@H](NC(=O)OC(C)(C)C)C1CCCCC1. The fourth-order valence-electron chi connectivity index (χ4n) is 6.31. The fourth-order valence-corrected chi connectivity index (χ4v) is 6.31. The number of hydrogen-bond donors (Lipinski definition) is 3. The lowest BCUT2D eigenvalue weighted by atomic mass is 9.83. The first-order valence-corrected chi connectivity index (χ1v) is 14.5. The van der Waals surface area contributed by atoms with Crippen LogP contribution in [0.4, 0.5) is 4.79 Å². The standard InChI is InChI=1S/C29H46N4O6/c1-6-11-21(24(34)26(36)30-16-7-2)31-25(35)23-19-14-15-20(17-19)33(23)27(37)22(18-12-9-8-10-13-18)32-28(38)39-29(3,4)5/h7,18-23H,2,6,8-17H2,1,3-5H3,(H,30,36)(H,31,35)(H,32,38)/t19?,20?,21-,22+,23+/m1/s1. The molecule has 3 N–H and O–H groups in total. The predicted octanol–water partition coefficient (Wildman–Crippen LogP) is 3.00. The summed E-state index contributed by atoms with van der Waals surface area (Å²) in [5.41, 5.74) is -0.710. The number of fused-ring (bicyclic) bond motifs is 2. The van der Waals surface area contributed by atoms with Gasteiger partial charge in [0.1, 0.15) is 17.7 Å². The van der Waals surface area contributed by atoms with E-state index in [1.165, 1.54) is 6.08 Å². The monoisotopic (exact) mass is 546 g/mol. The van der Waals surface area contributed by atoms with Crippen molar-refractivity contribution in [1.82, 2.24) is 20.9 Å². The fraction of sp³-hybridized carbons (Fsp3) is 0.759. The number of likely N-dealkylation sites (tertiary alicyclic amines) is 1. The second-order valence-corrected chi connectivity index (χ2v) is 12.2. The van der Waals surface area contributed by atoms with E-state index in [1.54, 1.807) is 25.7 Å². The average Bonchev–Trinajstić information content (AvgIpc) is 3.51. The normalized spacial score (nSPS) is 24.4. The predicted molar refractivity (Wildman–Crippen MR) is 147 cm³/mol. The summed E-state index contributed by atoms with van der Waals surface area (Å²) in [6.07, 6.45) is 8.75. The number of rotatable bonds is 11. The van der Waals surface area contributed by atoms with E-state index in [9.17, 15) is 24.0 Å². The number of nitrogens with zero attached hydrogens (tertiary/aromatic N) is 1. The van der Waals surface area contributed by atoms with Gasteiger partial charge in [-0.1, -0.05) is 38.7 Å². The Hall–Kier alpha value is -2.91. The third kappa shape index (κ3) is 7.82. The first kappa shape index (κ1) is 30.6. The molecule has 10 heteroatoms. The zero-order valence-corrected chi connectivity index (χ0v) is 23.9. The zero-order valence-electron chi connectivity index (χ0n) is 23.9. The summed E-state index contributed by atoms with van der Waals surface area (Å²) in [6, 6.07) is -2.60. The smallest absolute Gasteiger partial charge is 0.408 e. The summed E-state index contributed by atoms with van der Waals surface area (Å²) in [7, 11) is 0. The number of ketones is 1. The van der Waals surface area contributed by atoms with Gasteiger partial charge in [0.05, 0.1) is 6.04 Å². The highest BCUT2D eigenvalue weighted by molar-refractivity contribution is 6.38. The van der Waals surface area contributed by atoms with Crippen molar-refractivity contribution in [2.24, 2.45) is 11.8 Å². The van der Waals surface area contributed by atoms with Crippen LogP contribution >= 0.6 is 0 Å². The van der Waals surface area contributed by atoms with Gasteiger partial charge in [-0.05, 0) is 71.1 Å². The van der Waals surface area contributed by atoms with E-state index in [-0.39, 0.29) is 30.3 Å². The van der Waals surface area contributed by atoms with Crippen molar-refractivity contribution < 1.29 is 28.7 Å². The maximum absolute atomic E-state index is 14.2. The molecule has 1 saturated heterocycles. The maximum atomic E-state index is 14.2. The third-order valence-electron chi connectivity index (χ3n) is 8.01. The van der Waals surface area contributed by atoms with Crippen molar-refractivity contribution in [3.63, 3.8) is 0 Å². The number of carbonyl (C=O) groups is 5. The van der Waals surface area contributed by atoms with Gasteiger partial charge in [0.25, 0.3) is 5.91 Å². The van der Waals surface area contributed by atoms with Gasteiger partial charge in [-0.2, -0.15) is 0 Å². The highest BCUT2D eigenvalue weighted by Crippen LogP contribution is 2.43. The van der Waals surface area contributed by atoms with E-state index >= 15 is 0 Å². The van der Waals surface area contributed by atoms with Gasteiger partial charge in [-0.3, -0.25) is 19.2 Å². The van der Waals surface area contributed by atoms with E-state index in [0.717, 1.165) is 44.9 Å². The number of ether oxygens (including phenoxy) is 1. The summed E-state index contributed by atoms with van der Waals surface area (Å²) in [5, 5.41) is 8.13. The molecule has 2 bridgehead atoms. The number of nitrogens with one attached hydrogen (secondary N) is 3. The molecule has 39 heavy (non-hydrogen) atoms. The van der Waals surface area contributed by atoms with Gasteiger partial charge in [-0.15, -0.1) is 6.58 Å². The van der Waals surface area contributed by atoms with Crippen LogP contribution in [-0.4, -0.2) is 70.8 Å². The molecule has 3 fully saturated rings. The van der Waals surface area contributed by atoms with Crippen molar-refractivity contribution >= 4 is 29.6 Å². The van der Waals surface area contributed by atoms with Crippen LogP contribution in [0.3, 0.4) is 0 Å². The van der Waals surface area contributed by atoms with E-state index in [4.69, 9.17) is 4.74 Å². The summed E-state index contributed by atoms with van der Waals surface area (Å²) < 4.78 is 5.48. The Kier molecular flexibility index (Phi) is 10.6. The first-order chi connectivity index (χ1) is 18.5. The number of piperidine rings is 1. The summed E-state index contributed by atoms with van der Waals surface area (Å²) >= 11 is 0. The van der Waals surface area contributed by atoms with Gasteiger partial charge >= 0.3 is 6.09 Å². The average molecular weight is 547 g/mol. The molecule has 2 aliphatic carbocycles. The van der Waals surface area contributed by atoms with Gasteiger partial charge in [0, 0.05) is 12.6 Å². The minimum absolute atomic E-state index is 0.0283. The van der Waals surface area contributed by atoms with Crippen LogP contribution in [0, 0.1) is 11.8 Å². The molecule has 10 nitrogen and oxygen atoms in total. The minimum atomic E-state index is -0.975. The molecule has 2 saturated carbocycles. The van der Waals surface area contributed by atoms with Crippen molar-refractivity contribution in [3.05, 3.63) is 12.7 Å². The zero-order chi connectivity index (χ0) is 28.7. The Balaban J connectivity index is 1.81. The van der Waals surface area contributed by atoms with Crippen LogP contribution in [0.5, 0.6) is 0 Å². The summed E-state index contributed by atoms with van der Waals surface area (Å²) in [6.45, 7) is 10.9. The first-order valence-electron chi connectivity index (χ1n) is 14.5. The Labute approximate surface area is 232 Å². The van der Waals surface area contributed by atoms with E-state index < -0.39 is 47.4 Å². The molecule has 218 valence electrons. The highest BCUT2D eigenvalue weighted by Gasteiger charge is 2.53. The van der Waals surface area contributed by atoms with E-state index in [0.29, 0.717) is 19.3 Å². The number of amides is 4. The van der Waals surface area contributed by atoms with Crippen LogP contribution in [0.15, 0.2) is 12.7 Å². The van der Waals surface area contributed by atoms with Crippen LogP contribution in [0.1, 0.15) is 91.9 Å². The molecule has 3 rings (SSSR count).